The second-order valence-electron chi connectivity index (χ2n) is 4.78. The number of thiazole rings is 1. The summed E-state index contributed by atoms with van der Waals surface area (Å²) in [5.74, 6) is 0. The molecule has 0 spiro atoms. The Morgan fingerprint density at radius 3 is 2.74 bits per heavy atom. The lowest BCUT2D eigenvalue weighted by Gasteiger charge is -2.35. The van der Waals surface area contributed by atoms with Crippen molar-refractivity contribution in [2.45, 2.75) is 6.54 Å². The van der Waals surface area contributed by atoms with Crippen molar-refractivity contribution in [3.63, 3.8) is 0 Å². The van der Waals surface area contributed by atoms with E-state index < -0.39 is 0 Å². The van der Waals surface area contributed by atoms with Crippen LogP contribution in [0.1, 0.15) is 5.01 Å². The van der Waals surface area contributed by atoms with Gasteiger partial charge in [-0.1, -0.05) is 6.07 Å². The molecule has 1 fully saturated rings. The maximum absolute atomic E-state index is 5.84. The summed E-state index contributed by atoms with van der Waals surface area (Å²) in [6.07, 6.45) is 1.88. The molecule has 2 aromatic rings. The first kappa shape index (κ1) is 12.4. The molecule has 3 rings (SSSR count). The van der Waals surface area contributed by atoms with Gasteiger partial charge < -0.3 is 10.6 Å². The van der Waals surface area contributed by atoms with Gasteiger partial charge in [-0.2, -0.15) is 0 Å². The predicted octanol–water partition coefficient (Wildman–Crippen LogP) is 2.05. The van der Waals surface area contributed by atoms with Gasteiger partial charge >= 0.3 is 0 Å². The van der Waals surface area contributed by atoms with Crippen LogP contribution in [0.4, 0.5) is 11.4 Å². The third-order valence-corrected chi connectivity index (χ3v) is 4.21. The Balaban J connectivity index is 1.57. The Labute approximate surface area is 117 Å². The van der Waals surface area contributed by atoms with Crippen molar-refractivity contribution in [1.29, 1.82) is 0 Å². The maximum Gasteiger partial charge on any atom is 0.107 e. The van der Waals surface area contributed by atoms with Crippen molar-refractivity contribution < 1.29 is 0 Å². The quantitative estimate of drug-likeness (QED) is 0.870. The average Bonchev–Trinajstić information content (AvgIpc) is 2.92. The fraction of sp³-hybridized carbons (Fsp3) is 0.357. The second-order valence-corrected chi connectivity index (χ2v) is 5.76. The molecule has 0 amide bonds. The number of anilines is 2. The topological polar surface area (TPSA) is 45.4 Å². The molecule has 1 aliphatic rings. The molecule has 0 atom stereocenters. The van der Waals surface area contributed by atoms with Crippen LogP contribution >= 0.6 is 11.3 Å². The molecule has 1 aromatic heterocycles. The molecule has 0 aliphatic carbocycles. The minimum atomic E-state index is 0.836. The van der Waals surface area contributed by atoms with Gasteiger partial charge in [0.1, 0.15) is 5.01 Å². The first-order valence-corrected chi connectivity index (χ1v) is 7.40. The zero-order valence-electron chi connectivity index (χ0n) is 10.8. The van der Waals surface area contributed by atoms with E-state index in [0.717, 1.165) is 38.4 Å². The first-order valence-electron chi connectivity index (χ1n) is 6.52. The standard InChI is InChI=1S/C14H18N4S/c15-12-2-1-3-13(10-12)18-7-5-17(6-8-18)11-14-16-4-9-19-14/h1-4,9-10H,5-8,11,15H2. The smallest absolute Gasteiger partial charge is 0.107 e. The van der Waals surface area contributed by atoms with E-state index in [9.17, 15) is 0 Å². The van der Waals surface area contributed by atoms with Crippen LogP contribution in [0.5, 0.6) is 0 Å². The van der Waals surface area contributed by atoms with Gasteiger partial charge in [0, 0.05) is 49.1 Å². The number of piperazine rings is 1. The zero-order chi connectivity index (χ0) is 13.1. The fourth-order valence-electron chi connectivity index (χ4n) is 2.41. The van der Waals surface area contributed by atoms with Gasteiger partial charge in [-0.25, -0.2) is 4.98 Å². The second kappa shape index (κ2) is 5.59. The molecular weight excluding hydrogens is 256 g/mol. The van der Waals surface area contributed by atoms with Crippen molar-refractivity contribution in [3.05, 3.63) is 40.8 Å². The molecule has 1 aliphatic heterocycles. The minimum Gasteiger partial charge on any atom is -0.399 e. The summed E-state index contributed by atoms with van der Waals surface area (Å²) in [5, 5.41) is 3.25. The summed E-state index contributed by atoms with van der Waals surface area (Å²) in [7, 11) is 0. The van der Waals surface area contributed by atoms with Crippen LogP contribution in [0.3, 0.4) is 0 Å². The predicted molar refractivity (Wildman–Crippen MR) is 80.5 cm³/mol. The Hall–Kier alpha value is -1.59. The molecule has 100 valence electrons. The van der Waals surface area contributed by atoms with Crippen LogP contribution in [-0.2, 0) is 6.54 Å². The van der Waals surface area contributed by atoms with E-state index in [1.807, 2.05) is 23.7 Å². The molecule has 4 nitrogen and oxygen atoms in total. The minimum absolute atomic E-state index is 0.836. The average molecular weight is 274 g/mol. The SMILES string of the molecule is Nc1cccc(N2CCN(Cc3nccs3)CC2)c1. The van der Waals surface area contributed by atoms with Crippen molar-refractivity contribution in [2.75, 3.05) is 36.8 Å². The highest BCUT2D eigenvalue weighted by molar-refractivity contribution is 7.09. The third kappa shape index (κ3) is 3.05. The Morgan fingerprint density at radius 2 is 2.05 bits per heavy atom. The number of benzene rings is 1. The molecule has 19 heavy (non-hydrogen) atoms. The maximum atomic E-state index is 5.84. The number of nitrogens with zero attached hydrogens (tertiary/aromatic N) is 3. The number of aromatic nitrogens is 1. The molecule has 1 aromatic carbocycles. The van der Waals surface area contributed by atoms with Crippen LogP contribution < -0.4 is 10.6 Å². The van der Waals surface area contributed by atoms with Crippen molar-refractivity contribution in [3.8, 4) is 0 Å². The largest absolute Gasteiger partial charge is 0.399 e. The normalized spacial score (nSPS) is 16.7. The van der Waals surface area contributed by atoms with Gasteiger partial charge in [-0.3, -0.25) is 4.90 Å². The monoisotopic (exact) mass is 274 g/mol. The summed E-state index contributed by atoms with van der Waals surface area (Å²) >= 11 is 1.73. The molecule has 0 bridgehead atoms. The molecule has 0 radical (unpaired) electrons. The van der Waals surface area contributed by atoms with Gasteiger partial charge in [-0.15, -0.1) is 11.3 Å². The molecular formula is C14H18N4S. The van der Waals surface area contributed by atoms with Gasteiger partial charge in [0.25, 0.3) is 0 Å². The highest BCUT2D eigenvalue weighted by Crippen LogP contribution is 2.20. The summed E-state index contributed by atoms with van der Waals surface area (Å²) < 4.78 is 0. The van der Waals surface area contributed by atoms with E-state index in [1.165, 1.54) is 10.7 Å². The van der Waals surface area contributed by atoms with Gasteiger partial charge in [0.15, 0.2) is 0 Å². The van der Waals surface area contributed by atoms with Crippen LogP contribution in [0.15, 0.2) is 35.8 Å². The molecule has 1 saturated heterocycles. The Bertz CT molecular complexity index is 518. The summed E-state index contributed by atoms with van der Waals surface area (Å²) in [6.45, 7) is 5.23. The number of nitrogens with two attached hydrogens (primary N) is 1. The lowest BCUT2D eigenvalue weighted by Crippen LogP contribution is -2.45. The van der Waals surface area contributed by atoms with E-state index in [0.29, 0.717) is 0 Å². The summed E-state index contributed by atoms with van der Waals surface area (Å²) in [5.41, 5.74) is 7.91. The lowest BCUT2D eigenvalue weighted by atomic mass is 10.2. The van der Waals surface area contributed by atoms with E-state index in [2.05, 4.69) is 26.9 Å². The van der Waals surface area contributed by atoms with E-state index >= 15 is 0 Å². The van der Waals surface area contributed by atoms with Crippen LogP contribution in [-0.4, -0.2) is 36.1 Å². The zero-order valence-corrected chi connectivity index (χ0v) is 11.6. The third-order valence-electron chi connectivity index (χ3n) is 3.45. The summed E-state index contributed by atoms with van der Waals surface area (Å²) in [6, 6.07) is 8.14. The van der Waals surface area contributed by atoms with Crippen LogP contribution in [0.2, 0.25) is 0 Å². The van der Waals surface area contributed by atoms with Gasteiger partial charge in [0.05, 0.1) is 6.54 Å². The van der Waals surface area contributed by atoms with E-state index in [1.54, 1.807) is 11.3 Å². The van der Waals surface area contributed by atoms with E-state index in [4.69, 9.17) is 5.73 Å². The molecule has 0 unspecified atom stereocenters. The number of hydrogen-bond acceptors (Lipinski definition) is 5. The highest BCUT2D eigenvalue weighted by Gasteiger charge is 2.17. The molecule has 2 N–H and O–H groups in total. The molecule has 5 heteroatoms. The fourth-order valence-corrected chi connectivity index (χ4v) is 3.07. The molecule has 2 heterocycles. The first-order chi connectivity index (χ1) is 9.31. The van der Waals surface area contributed by atoms with E-state index in [-0.39, 0.29) is 0 Å². The Kier molecular flexibility index (Phi) is 3.66. The summed E-state index contributed by atoms with van der Waals surface area (Å²) in [4.78, 5) is 9.20. The highest BCUT2D eigenvalue weighted by atomic mass is 32.1. The van der Waals surface area contributed by atoms with Crippen molar-refractivity contribution >= 4 is 22.7 Å². The molecule has 0 saturated carbocycles. The lowest BCUT2D eigenvalue weighted by molar-refractivity contribution is 0.249. The number of rotatable bonds is 3. The van der Waals surface area contributed by atoms with Crippen molar-refractivity contribution in [2.24, 2.45) is 0 Å². The van der Waals surface area contributed by atoms with Crippen LogP contribution in [0, 0.1) is 0 Å². The Morgan fingerprint density at radius 1 is 1.21 bits per heavy atom. The number of nitrogen functional groups attached to an aromatic ring is 1. The van der Waals surface area contributed by atoms with Gasteiger partial charge in [-0.05, 0) is 18.2 Å². The van der Waals surface area contributed by atoms with Crippen molar-refractivity contribution in [1.82, 2.24) is 9.88 Å². The van der Waals surface area contributed by atoms with Crippen LogP contribution in [0.25, 0.3) is 0 Å². The van der Waals surface area contributed by atoms with Gasteiger partial charge in [0.2, 0.25) is 0 Å². The number of hydrogen-bond donors (Lipinski definition) is 1.